The van der Waals surface area contributed by atoms with Crippen LogP contribution in [0.1, 0.15) is 37.1 Å². The van der Waals surface area contributed by atoms with E-state index in [0.717, 1.165) is 19.4 Å². The van der Waals surface area contributed by atoms with Crippen LogP contribution in [0, 0.1) is 18.8 Å². The molecule has 3 atom stereocenters. The predicted octanol–water partition coefficient (Wildman–Crippen LogP) is 1.84. The minimum Gasteiger partial charge on any atom is -0.345 e. The molecule has 6 nitrogen and oxygen atoms in total. The van der Waals surface area contributed by atoms with E-state index in [9.17, 15) is 18.4 Å². The minimum absolute atomic E-state index is 0.0419. The Bertz CT molecular complexity index is 676. The van der Waals surface area contributed by atoms with E-state index in [1.54, 1.807) is 23.8 Å². The number of amides is 2. The standard InChI is InChI=1S/C17H24F2N4O2/c1-10-4-14(17(18)19)20-23(10)9-16(25)22(3)13-5-11-7-15(24)21(2)8-12(11)6-13/h4,11-13,17H,5-9H2,1-3H3/t11-,12+,13-/m0/s1. The van der Waals surface area contributed by atoms with Crippen LogP contribution < -0.4 is 0 Å². The van der Waals surface area contributed by atoms with Crippen molar-refractivity contribution < 1.29 is 18.4 Å². The van der Waals surface area contributed by atoms with Gasteiger partial charge in [0.1, 0.15) is 12.2 Å². The number of hydrogen-bond donors (Lipinski definition) is 0. The molecule has 0 spiro atoms. The topological polar surface area (TPSA) is 58.4 Å². The number of rotatable bonds is 4. The Morgan fingerprint density at radius 2 is 2.08 bits per heavy atom. The van der Waals surface area contributed by atoms with Gasteiger partial charge >= 0.3 is 0 Å². The van der Waals surface area contributed by atoms with Crippen LogP contribution in [-0.2, 0) is 16.1 Å². The Kier molecular flexibility index (Phi) is 4.79. The van der Waals surface area contributed by atoms with E-state index in [0.29, 0.717) is 24.0 Å². The largest absolute Gasteiger partial charge is 0.345 e. The number of carbonyl (C=O) groups excluding carboxylic acids is 2. The minimum atomic E-state index is -2.64. The summed E-state index contributed by atoms with van der Waals surface area (Å²) in [5.41, 5.74) is 0.241. The van der Waals surface area contributed by atoms with Gasteiger partial charge in [0.15, 0.2) is 0 Å². The number of alkyl halides is 2. The number of carbonyl (C=O) groups is 2. The molecule has 1 aliphatic heterocycles. The molecule has 1 saturated carbocycles. The summed E-state index contributed by atoms with van der Waals surface area (Å²) < 4.78 is 26.8. The summed E-state index contributed by atoms with van der Waals surface area (Å²) in [5.74, 6) is 0.790. The number of likely N-dealkylation sites (tertiary alicyclic amines) is 1. The van der Waals surface area contributed by atoms with Crippen LogP contribution in [-0.4, -0.2) is 58.1 Å². The SMILES string of the molecule is Cc1cc(C(F)F)nn1CC(=O)N(C)[C@H]1C[C@H]2CC(=O)N(C)C[C@H]2C1. The molecule has 1 aliphatic carbocycles. The second-order valence-electron chi connectivity index (χ2n) is 7.30. The molecule has 1 aromatic rings. The molecule has 0 radical (unpaired) electrons. The second kappa shape index (κ2) is 6.72. The quantitative estimate of drug-likeness (QED) is 0.829. The van der Waals surface area contributed by atoms with Crippen LogP contribution in [0.4, 0.5) is 8.78 Å². The highest BCUT2D eigenvalue weighted by atomic mass is 19.3. The lowest BCUT2D eigenvalue weighted by Crippen LogP contribution is -2.40. The molecule has 25 heavy (non-hydrogen) atoms. The number of aromatic nitrogens is 2. The molecule has 2 amide bonds. The first-order chi connectivity index (χ1) is 11.8. The Hall–Kier alpha value is -1.99. The summed E-state index contributed by atoms with van der Waals surface area (Å²) in [7, 11) is 3.57. The summed E-state index contributed by atoms with van der Waals surface area (Å²) >= 11 is 0. The van der Waals surface area contributed by atoms with E-state index in [2.05, 4.69) is 5.10 Å². The molecule has 3 rings (SSSR count). The molecule has 0 unspecified atom stereocenters. The van der Waals surface area contributed by atoms with Crippen molar-refractivity contribution in [2.75, 3.05) is 20.6 Å². The van der Waals surface area contributed by atoms with Crippen LogP contribution in [0.5, 0.6) is 0 Å². The van der Waals surface area contributed by atoms with Gasteiger partial charge in [0.05, 0.1) is 0 Å². The molecule has 0 bridgehead atoms. The van der Waals surface area contributed by atoms with Gasteiger partial charge in [0, 0.05) is 38.8 Å². The molecule has 1 saturated heterocycles. The van der Waals surface area contributed by atoms with Crippen molar-refractivity contribution in [1.82, 2.24) is 19.6 Å². The third-order valence-electron chi connectivity index (χ3n) is 5.64. The molecular weight excluding hydrogens is 330 g/mol. The van der Waals surface area contributed by atoms with Crippen molar-refractivity contribution in [1.29, 1.82) is 0 Å². The average molecular weight is 354 g/mol. The van der Waals surface area contributed by atoms with Crippen molar-refractivity contribution in [3.63, 3.8) is 0 Å². The lowest BCUT2D eigenvalue weighted by molar-refractivity contribution is -0.135. The van der Waals surface area contributed by atoms with Crippen LogP contribution in [0.25, 0.3) is 0 Å². The number of likely N-dealkylation sites (N-methyl/N-ethyl adjacent to an activating group) is 1. The molecular formula is C17H24F2N4O2. The lowest BCUT2D eigenvalue weighted by Gasteiger charge is -2.31. The number of halogens is 2. The highest BCUT2D eigenvalue weighted by molar-refractivity contribution is 5.77. The summed E-state index contributed by atoms with van der Waals surface area (Å²) in [5, 5.41) is 3.82. The first-order valence-corrected chi connectivity index (χ1v) is 8.58. The molecule has 8 heteroatoms. The van der Waals surface area contributed by atoms with Gasteiger partial charge < -0.3 is 9.80 Å². The summed E-state index contributed by atoms with van der Waals surface area (Å²) in [6.07, 6.45) is -0.381. The third kappa shape index (κ3) is 3.52. The number of nitrogens with zero attached hydrogens (tertiary/aromatic N) is 4. The highest BCUT2D eigenvalue weighted by Crippen LogP contribution is 2.40. The first-order valence-electron chi connectivity index (χ1n) is 8.58. The first kappa shape index (κ1) is 17.8. The van der Waals surface area contributed by atoms with Gasteiger partial charge in [-0.25, -0.2) is 8.78 Å². The summed E-state index contributed by atoms with van der Waals surface area (Å²) in [6, 6.07) is 1.40. The van der Waals surface area contributed by atoms with Gasteiger partial charge in [-0.15, -0.1) is 0 Å². The van der Waals surface area contributed by atoms with Crippen LogP contribution >= 0.6 is 0 Å². The fourth-order valence-corrected chi connectivity index (χ4v) is 4.05. The summed E-state index contributed by atoms with van der Waals surface area (Å²) in [6.45, 7) is 2.37. The molecule has 0 aromatic carbocycles. The number of hydrogen-bond acceptors (Lipinski definition) is 3. The van der Waals surface area contributed by atoms with Gasteiger partial charge in [0.25, 0.3) is 6.43 Å². The molecule has 0 N–H and O–H groups in total. The van der Waals surface area contributed by atoms with E-state index < -0.39 is 6.43 Å². The molecule has 1 aromatic heterocycles. The second-order valence-corrected chi connectivity index (χ2v) is 7.30. The van der Waals surface area contributed by atoms with E-state index in [1.165, 1.54) is 10.7 Å². The number of fused-ring (bicyclic) bond motifs is 1. The van der Waals surface area contributed by atoms with Crippen LogP contribution in [0.2, 0.25) is 0 Å². The maximum absolute atomic E-state index is 12.7. The van der Waals surface area contributed by atoms with Gasteiger partial charge in [-0.1, -0.05) is 0 Å². The highest BCUT2D eigenvalue weighted by Gasteiger charge is 2.42. The van der Waals surface area contributed by atoms with Crippen molar-refractivity contribution in [2.45, 2.75) is 45.2 Å². The molecule has 2 heterocycles. The van der Waals surface area contributed by atoms with Crippen molar-refractivity contribution in [2.24, 2.45) is 11.8 Å². The zero-order valence-electron chi connectivity index (χ0n) is 14.8. The molecule has 138 valence electrons. The number of piperidine rings is 1. The Morgan fingerprint density at radius 3 is 2.72 bits per heavy atom. The van der Waals surface area contributed by atoms with Gasteiger partial charge in [-0.2, -0.15) is 5.10 Å². The fourth-order valence-electron chi connectivity index (χ4n) is 4.05. The zero-order valence-corrected chi connectivity index (χ0v) is 14.8. The average Bonchev–Trinajstić information content (AvgIpc) is 3.11. The van der Waals surface area contributed by atoms with E-state index >= 15 is 0 Å². The van der Waals surface area contributed by atoms with Gasteiger partial charge in [0.2, 0.25) is 11.8 Å². The molecule has 2 aliphatic rings. The van der Waals surface area contributed by atoms with Crippen molar-refractivity contribution in [3.05, 3.63) is 17.5 Å². The van der Waals surface area contributed by atoms with Crippen LogP contribution in [0.3, 0.4) is 0 Å². The van der Waals surface area contributed by atoms with Crippen LogP contribution in [0.15, 0.2) is 6.07 Å². The summed E-state index contributed by atoms with van der Waals surface area (Å²) in [4.78, 5) is 27.9. The number of aryl methyl sites for hydroxylation is 1. The van der Waals surface area contributed by atoms with Crippen molar-refractivity contribution in [3.8, 4) is 0 Å². The molecule has 2 fully saturated rings. The lowest BCUT2D eigenvalue weighted by atomic mass is 9.88. The Balaban J connectivity index is 1.62. The van der Waals surface area contributed by atoms with Gasteiger partial charge in [-0.05, 0) is 37.7 Å². The Labute approximate surface area is 145 Å². The van der Waals surface area contributed by atoms with Crippen molar-refractivity contribution >= 4 is 11.8 Å². The van der Waals surface area contributed by atoms with E-state index in [4.69, 9.17) is 0 Å². The van der Waals surface area contributed by atoms with Gasteiger partial charge in [-0.3, -0.25) is 14.3 Å². The van der Waals surface area contributed by atoms with E-state index in [-0.39, 0.29) is 30.1 Å². The maximum Gasteiger partial charge on any atom is 0.282 e. The normalized spacial score (nSPS) is 26.2. The van der Waals surface area contributed by atoms with E-state index in [1.807, 2.05) is 7.05 Å². The fraction of sp³-hybridized carbons (Fsp3) is 0.706. The predicted molar refractivity (Wildman–Crippen MR) is 86.9 cm³/mol. The zero-order chi connectivity index (χ0) is 18.3. The monoisotopic (exact) mass is 354 g/mol. The smallest absolute Gasteiger partial charge is 0.282 e. The Morgan fingerprint density at radius 1 is 1.40 bits per heavy atom. The third-order valence-corrected chi connectivity index (χ3v) is 5.64. The maximum atomic E-state index is 12.7.